The second-order valence-electron chi connectivity index (χ2n) is 6.00. The van der Waals surface area contributed by atoms with Crippen LogP contribution in [-0.4, -0.2) is 22.3 Å². The molecule has 2 heterocycles. The molecular weight excluding hydrogens is 456 g/mol. The molecule has 3 rings (SSSR count). The van der Waals surface area contributed by atoms with Gasteiger partial charge in [-0.15, -0.1) is 0 Å². The van der Waals surface area contributed by atoms with Gasteiger partial charge in [0.1, 0.15) is 22.9 Å². The van der Waals surface area contributed by atoms with Gasteiger partial charge >= 0.3 is 6.61 Å². The highest BCUT2D eigenvalue weighted by molar-refractivity contribution is 6.32. The van der Waals surface area contributed by atoms with Gasteiger partial charge in [-0.3, -0.25) is 9.48 Å². The van der Waals surface area contributed by atoms with Crippen LogP contribution in [0.5, 0.6) is 5.75 Å². The molecule has 0 unspecified atom stereocenters. The molecule has 166 valence electrons. The molecule has 0 saturated carbocycles. The number of alkyl halides is 6. The van der Waals surface area contributed by atoms with E-state index < -0.39 is 43.3 Å². The van der Waals surface area contributed by atoms with Crippen LogP contribution in [0.1, 0.15) is 40.6 Å². The Balaban J connectivity index is 1.71. The van der Waals surface area contributed by atoms with Crippen LogP contribution >= 0.6 is 11.6 Å². The van der Waals surface area contributed by atoms with E-state index in [9.17, 15) is 31.1 Å². The van der Waals surface area contributed by atoms with Gasteiger partial charge in [0.05, 0.1) is 11.6 Å². The van der Waals surface area contributed by atoms with E-state index in [1.165, 1.54) is 24.3 Å². The van der Waals surface area contributed by atoms with Gasteiger partial charge in [-0.05, 0) is 36.4 Å². The Labute approximate surface area is 175 Å². The van der Waals surface area contributed by atoms with Crippen molar-refractivity contribution in [2.75, 3.05) is 5.32 Å². The monoisotopic (exact) mass is 467 g/mol. The number of ether oxygens (including phenoxy) is 1. The third-order valence-electron chi connectivity index (χ3n) is 3.87. The Morgan fingerprint density at radius 1 is 1.10 bits per heavy atom. The molecule has 0 aliphatic heterocycles. The molecule has 0 radical (unpaired) electrons. The van der Waals surface area contributed by atoms with Crippen LogP contribution in [-0.2, 0) is 6.54 Å². The van der Waals surface area contributed by atoms with E-state index in [1.54, 1.807) is 0 Å². The predicted octanol–water partition coefficient (Wildman–Crippen LogP) is 5.91. The average Bonchev–Trinajstić information content (AvgIpc) is 3.31. The summed E-state index contributed by atoms with van der Waals surface area (Å²) in [5.41, 5.74) is -1.39. The molecule has 0 aliphatic rings. The minimum atomic E-state index is -3.07. The number of carbonyl (C=O) groups excluding carboxylic acids is 1. The standard InChI is InChI=1S/C18H12ClF6N3O3/c19-10-5-8(1-3-13(10)31-18(24)25)26-17(29)14-4-2-9(30-14)7-28-12(16(22)23)6-11(27-28)15(20)21/h1-6,15-16,18H,7H2,(H,26,29). The van der Waals surface area contributed by atoms with Crippen LogP contribution < -0.4 is 10.1 Å². The van der Waals surface area contributed by atoms with Crippen LogP contribution in [0.25, 0.3) is 0 Å². The number of aromatic nitrogens is 2. The third-order valence-corrected chi connectivity index (χ3v) is 4.17. The Morgan fingerprint density at radius 2 is 1.84 bits per heavy atom. The van der Waals surface area contributed by atoms with Crippen molar-refractivity contribution < 1.29 is 40.3 Å². The highest BCUT2D eigenvalue weighted by atomic mass is 35.5. The number of furan rings is 1. The van der Waals surface area contributed by atoms with Crippen LogP contribution in [0.3, 0.4) is 0 Å². The number of hydrogen-bond donors (Lipinski definition) is 1. The van der Waals surface area contributed by atoms with Gasteiger partial charge in [-0.25, -0.2) is 17.6 Å². The second kappa shape index (κ2) is 9.33. The highest BCUT2D eigenvalue weighted by Gasteiger charge is 2.22. The van der Waals surface area contributed by atoms with Gasteiger partial charge in [0.25, 0.3) is 18.8 Å². The molecule has 1 N–H and O–H groups in total. The number of rotatable bonds is 8. The fourth-order valence-electron chi connectivity index (χ4n) is 2.56. The molecule has 0 spiro atoms. The zero-order valence-corrected chi connectivity index (χ0v) is 15.9. The number of carbonyl (C=O) groups is 1. The van der Waals surface area contributed by atoms with E-state index in [2.05, 4.69) is 15.2 Å². The van der Waals surface area contributed by atoms with Gasteiger partial charge in [0.15, 0.2) is 5.76 Å². The van der Waals surface area contributed by atoms with Gasteiger partial charge in [0, 0.05) is 5.69 Å². The number of anilines is 1. The summed E-state index contributed by atoms with van der Waals surface area (Å²) in [4.78, 5) is 12.3. The summed E-state index contributed by atoms with van der Waals surface area (Å²) in [7, 11) is 0. The molecule has 0 atom stereocenters. The number of nitrogens with one attached hydrogen (secondary N) is 1. The number of hydrogen-bond acceptors (Lipinski definition) is 4. The molecule has 1 amide bonds. The van der Waals surface area contributed by atoms with Crippen LogP contribution in [0.15, 0.2) is 40.8 Å². The van der Waals surface area contributed by atoms with Crippen LogP contribution in [0, 0.1) is 0 Å². The summed E-state index contributed by atoms with van der Waals surface area (Å²) in [5.74, 6) is -1.26. The number of nitrogens with zero attached hydrogens (tertiary/aromatic N) is 2. The van der Waals surface area contributed by atoms with Crippen molar-refractivity contribution in [2.24, 2.45) is 0 Å². The first-order valence-corrected chi connectivity index (χ1v) is 8.80. The normalized spacial score (nSPS) is 11.5. The van der Waals surface area contributed by atoms with E-state index in [1.807, 2.05) is 0 Å². The lowest BCUT2D eigenvalue weighted by Gasteiger charge is -2.09. The lowest BCUT2D eigenvalue weighted by Crippen LogP contribution is -2.11. The first kappa shape index (κ1) is 22.5. The topological polar surface area (TPSA) is 69.3 Å². The molecule has 3 aromatic rings. The van der Waals surface area contributed by atoms with E-state index in [-0.39, 0.29) is 28.0 Å². The van der Waals surface area contributed by atoms with E-state index in [0.717, 1.165) is 6.07 Å². The fraction of sp³-hybridized carbons (Fsp3) is 0.222. The summed E-state index contributed by atoms with van der Waals surface area (Å²) < 4.78 is 86.2. The van der Waals surface area contributed by atoms with Crippen molar-refractivity contribution in [3.63, 3.8) is 0 Å². The highest BCUT2D eigenvalue weighted by Crippen LogP contribution is 2.29. The number of benzene rings is 1. The first-order valence-electron chi connectivity index (χ1n) is 8.42. The smallest absolute Gasteiger partial charge is 0.387 e. The molecule has 31 heavy (non-hydrogen) atoms. The van der Waals surface area contributed by atoms with Gasteiger partial charge in [-0.2, -0.15) is 13.9 Å². The van der Waals surface area contributed by atoms with Crippen molar-refractivity contribution in [3.05, 3.63) is 64.3 Å². The molecule has 13 heteroatoms. The summed E-state index contributed by atoms with van der Waals surface area (Å²) in [6, 6.07) is 6.68. The summed E-state index contributed by atoms with van der Waals surface area (Å²) >= 11 is 5.80. The van der Waals surface area contributed by atoms with Crippen LogP contribution in [0.2, 0.25) is 5.02 Å². The maximum Gasteiger partial charge on any atom is 0.387 e. The minimum absolute atomic E-state index is 0.00896. The lowest BCUT2D eigenvalue weighted by atomic mass is 10.3. The third kappa shape index (κ3) is 5.51. The summed E-state index contributed by atoms with van der Waals surface area (Å²) in [5, 5.41) is 5.66. The molecule has 0 fully saturated rings. The van der Waals surface area contributed by atoms with Gasteiger partial charge in [0.2, 0.25) is 0 Å². The number of amides is 1. The summed E-state index contributed by atoms with van der Waals surface area (Å²) in [6.07, 6.45) is -6.07. The van der Waals surface area contributed by atoms with Crippen molar-refractivity contribution in [3.8, 4) is 5.75 Å². The molecule has 6 nitrogen and oxygen atoms in total. The Bertz CT molecular complexity index is 1070. The van der Waals surface area contributed by atoms with Gasteiger partial charge in [-0.1, -0.05) is 11.6 Å². The average molecular weight is 468 g/mol. The number of halogens is 7. The minimum Gasteiger partial charge on any atom is -0.454 e. The maximum atomic E-state index is 13.1. The second-order valence-corrected chi connectivity index (χ2v) is 6.40. The van der Waals surface area contributed by atoms with Crippen molar-refractivity contribution in [1.82, 2.24) is 9.78 Å². The molecule has 2 aromatic heterocycles. The Morgan fingerprint density at radius 3 is 2.45 bits per heavy atom. The van der Waals surface area contributed by atoms with E-state index in [0.29, 0.717) is 10.7 Å². The lowest BCUT2D eigenvalue weighted by molar-refractivity contribution is -0.0497. The van der Waals surface area contributed by atoms with E-state index >= 15 is 0 Å². The predicted molar refractivity (Wildman–Crippen MR) is 96.0 cm³/mol. The van der Waals surface area contributed by atoms with Crippen molar-refractivity contribution in [1.29, 1.82) is 0 Å². The Hall–Kier alpha value is -3.15. The largest absolute Gasteiger partial charge is 0.454 e. The zero-order chi connectivity index (χ0) is 22.7. The summed E-state index contributed by atoms with van der Waals surface area (Å²) in [6.45, 7) is -3.48. The molecule has 0 saturated heterocycles. The molecule has 0 aliphatic carbocycles. The SMILES string of the molecule is O=C(Nc1ccc(OC(F)F)c(Cl)c1)c1ccc(Cn2nc(C(F)F)cc2C(F)F)o1. The quantitative estimate of drug-likeness (QED) is 0.418. The van der Waals surface area contributed by atoms with Crippen LogP contribution in [0.4, 0.5) is 32.0 Å². The van der Waals surface area contributed by atoms with Gasteiger partial charge < -0.3 is 14.5 Å². The molecule has 0 bridgehead atoms. The van der Waals surface area contributed by atoms with E-state index in [4.69, 9.17) is 16.0 Å². The fourth-order valence-corrected chi connectivity index (χ4v) is 2.78. The Kier molecular flexibility index (Phi) is 6.78. The first-order chi connectivity index (χ1) is 14.6. The molecular formula is C18H12ClF6N3O3. The maximum absolute atomic E-state index is 13.1. The molecule has 1 aromatic carbocycles. The zero-order valence-electron chi connectivity index (χ0n) is 15.2. The van der Waals surface area contributed by atoms with Crippen molar-refractivity contribution in [2.45, 2.75) is 26.0 Å². The van der Waals surface area contributed by atoms with Crippen molar-refractivity contribution >= 4 is 23.2 Å².